The molecule has 16 aromatic heterocycles. The van der Waals surface area contributed by atoms with Crippen LogP contribution >= 0.6 is 0 Å². The van der Waals surface area contributed by atoms with Gasteiger partial charge in [-0.15, -0.1) is 0 Å². The number of carbonyl (C=O) groups excluding carboxylic acids is 4. The normalized spacial score (nSPS) is 10.4. The van der Waals surface area contributed by atoms with E-state index < -0.39 is 80.4 Å². The molecule has 0 radical (unpaired) electrons. The smallest absolute Gasteiger partial charge is 0.545 e. The van der Waals surface area contributed by atoms with Gasteiger partial charge in [-0.3, -0.25) is 0 Å². The number of hydrogen-bond donors (Lipinski definition) is 12. The maximum atomic E-state index is 12.7. The van der Waals surface area contributed by atoms with Gasteiger partial charge in [0, 0.05) is 21.7 Å². The maximum Gasteiger partial charge on any atom is 1.20 e. The number of H-pyrrole nitrogens is 8. The van der Waals surface area contributed by atoms with E-state index in [1.807, 2.05) is 0 Å². The average molecular weight is 1390 g/mol. The number of hydrogen-bond acceptors (Lipinski definition) is 36. The molecule has 16 aromatic rings. The second kappa shape index (κ2) is 31.3. The summed E-state index contributed by atoms with van der Waals surface area (Å²) in [5.74, 6) is -12.0. The summed E-state index contributed by atoms with van der Waals surface area (Å²) in [6.07, 6.45) is 22.1. The summed E-state index contributed by atoms with van der Waals surface area (Å²) < 4.78 is 15.6. The Labute approximate surface area is 571 Å². The molecule has 0 aliphatic heterocycles. The molecule has 12 N–H and O–H groups in total. The van der Waals surface area contributed by atoms with Gasteiger partial charge in [-0.2, -0.15) is 0 Å². The van der Waals surface area contributed by atoms with Crippen LogP contribution in [-0.4, -0.2) is 243 Å². The maximum absolute atomic E-state index is 12.7. The van der Waals surface area contributed by atoms with Gasteiger partial charge in [0.15, 0.2) is 51.0 Å². The molecule has 0 aliphatic rings. The standard InChI is InChI=1S/8C6H4N4O2.Al.Li.Ti/c8*11-6(12)5-7-1-3-4(10-5)9-2-8-3;;;/h8*1-2H,(H,11,12)(H,7,8,9,10);;;/q;;;;;;;;+3;+1;/p-4. The number of aromatic nitrogens is 32. The number of nitrogens with zero attached hydrogens (tertiary/aromatic N) is 24. The molecule has 48 nitrogen and oxygen atoms in total. The predicted molar refractivity (Wildman–Crippen MR) is 308 cm³/mol. The second-order valence-electron chi connectivity index (χ2n) is 17.7. The molecule has 0 fully saturated rings. The zero-order valence-electron chi connectivity index (χ0n) is 48.7. The number of aromatic carboxylic acids is 5. The van der Waals surface area contributed by atoms with Crippen LogP contribution in [0.4, 0.5) is 0 Å². The zero-order valence-corrected chi connectivity index (χ0v) is 51.5. The van der Waals surface area contributed by atoms with E-state index in [0.717, 1.165) is 0 Å². The number of carboxylic acids is 5. The molecule has 0 aliphatic carbocycles. The minimum absolute atomic E-state index is 0. The van der Waals surface area contributed by atoms with Crippen LogP contribution in [0.2, 0.25) is 0 Å². The Balaban J connectivity index is 0.000000152. The minimum Gasteiger partial charge on any atom is -0.545 e. The summed E-state index contributed by atoms with van der Waals surface area (Å²) in [5, 5.41) is 44.4. The van der Waals surface area contributed by atoms with Crippen molar-refractivity contribution in [1.82, 2.24) is 159 Å². The molecule has 16 heterocycles. The third-order valence-corrected chi connectivity index (χ3v) is 12.7. The summed E-state index contributed by atoms with van der Waals surface area (Å²) in [6, 6.07) is 0. The number of imidazole rings is 8. The van der Waals surface area contributed by atoms with Crippen LogP contribution in [0.25, 0.3) is 89.3 Å². The number of carbonyl (C=O) groups is 8. The Hall–Kier alpha value is -14.0. The van der Waals surface area contributed by atoms with Gasteiger partial charge in [-0.25, -0.2) is 153 Å². The van der Waals surface area contributed by atoms with Crippen LogP contribution in [0.15, 0.2) is 100 Å². The predicted octanol–water partition coefficient (Wildman–Crippen LogP) is -4.54. The molecule has 0 aromatic carbocycles. The van der Waals surface area contributed by atoms with Crippen LogP contribution in [0.5, 0.6) is 0 Å². The topological polar surface area (TPSA) is 704 Å². The van der Waals surface area contributed by atoms with Gasteiger partial charge in [0.25, 0.3) is 0 Å². The van der Waals surface area contributed by atoms with Crippen molar-refractivity contribution in [2.24, 2.45) is 0 Å². The largest absolute Gasteiger partial charge is 1.20 e. The van der Waals surface area contributed by atoms with E-state index in [2.05, 4.69) is 159 Å². The number of nitrogens with one attached hydrogen (secondary N) is 8. The second-order valence-corrected chi connectivity index (χ2v) is 19.0. The SMILES string of the molecule is O=C(O)c1ncc2[nH]cnc2n1.O=C(O)c1ncc2[nH]cnc2n1.O=C(O)c1ncc2[nH]cnc2n1.O=C(O)c1ncc2[nH]cnc2n1.O=C([O-])c1ncc2[nH]cnc2n1.O=C([O][Al]([O]C(=O)c1ncc2[nH]cnc2n1)[O]C(=O)c1ncc2[nH]cnc2n1)c1ncc2[nH]cnc2n1.[Li+].[Ti]. The summed E-state index contributed by atoms with van der Waals surface area (Å²) in [4.78, 5) is 203. The van der Waals surface area contributed by atoms with Gasteiger partial charge in [-0.05, 0) is 0 Å². The van der Waals surface area contributed by atoms with Crippen LogP contribution in [0.1, 0.15) is 85.0 Å². The first-order chi connectivity index (χ1) is 46.9. The van der Waals surface area contributed by atoms with Gasteiger partial charge >= 0.3 is 75.8 Å². The quantitative estimate of drug-likeness (QED) is 0.0543. The summed E-state index contributed by atoms with van der Waals surface area (Å²) in [5.41, 5.74) is 6.86. The molecule has 51 heteroatoms. The van der Waals surface area contributed by atoms with E-state index in [1.165, 1.54) is 100 Å². The molecule has 99 heavy (non-hydrogen) atoms. The van der Waals surface area contributed by atoms with Gasteiger partial charge < -0.3 is 81.6 Å². The molecule has 0 atom stereocenters. The number of rotatable bonds is 11. The van der Waals surface area contributed by atoms with Crippen molar-refractivity contribution in [3.8, 4) is 0 Å². The van der Waals surface area contributed by atoms with Crippen molar-refractivity contribution < 1.29 is 116 Å². The van der Waals surface area contributed by atoms with Crippen molar-refractivity contribution >= 4 is 152 Å². The van der Waals surface area contributed by atoms with E-state index in [1.54, 1.807) is 0 Å². The first-order valence-corrected chi connectivity index (χ1v) is 27.4. The third-order valence-electron chi connectivity index (χ3n) is 11.5. The van der Waals surface area contributed by atoms with Crippen LogP contribution in [0, 0.1) is 0 Å². The van der Waals surface area contributed by atoms with Gasteiger partial charge in [0.2, 0.25) is 40.8 Å². The molecule has 16 rings (SSSR count). The Bertz CT molecular complexity index is 4950. The van der Waals surface area contributed by atoms with Crippen molar-refractivity contribution in [3.05, 3.63) is 147 Å². The minimum atomic E-state index is -3.93. The van der Waals surface area contributed by atoms with Crippen molar-refractivity contribution in [3.63, 3.8) is 0 Å². The van der Waals surface area contributed by atoms with Crippen LogP contribution in [0.3, 0.4) is 0 Å². The monoisotopic (exact) mass is 1390 g/mol. The zero-order chi connectivity index (χ0) is 68.1. The third kappa shape index (κ3) is 17.1. The van der Waals surface area contributed by atoms with Gasteiger partial charge in [0.05, 0.1) is 100 Å². The molecule has 0 saturated heterocycles. The van der Waals surface area contributed by atoms with E-state index >= 15 is 0 Å². The molecule has 0 unspecified atom stereocenters. The summed E-state index contributed by atoms with van der Waals surface area (Å²) in [7, 11) is 0. The average Bonchev–Trinajstić information content (AvgIpc) is 1.85. The van der Waals surface area contributed by atoms with E-state index in [9.17, 15) is 43.5 Å². The van der Waals surface area contributed by atoms with Crippen molar-refractivity contribution in [2.75, 3.05) is 0 Å². The van der Waals surface area contributed by atoms with E-state index in [0.29, 0.717) is 72.4 Å². The van der Waals surface area contributed by atoms with Crippen molar-refractivity contribution in [1.29, 1.82) is 0 Å². The first-order valence-electron chi connectivity index (χ1n) is 26.0. The Morgan fingerprint density at radius 2 is 0.444 bits per heavy atom. The van der Waals surface area contributed by atoms with E-state index in [4.69, 9.17) is 31.8 Å². The Morgan fingerprint density at radius 3 is 0.626 bits per heavy atom. The molecule has 484 valence electrons. The summed E-state index contributed by atoms with van der Waals surface area (Å²) >= 11 is -3.93. The van der Waals surface area contributed by atoms with Gasteiger partial charge in [0.1, 0.15) is 50.1 Å². The fraction of sp³-hybridized carbons (Fsp3) is 0. The molecular formula is C48H28AlLiN32O16Ti. The van der Waals surface area contributed by atoms with Crippen LogP contribution < -0.4 is 24.0 Å². The molecule has 0 spiro atoms. The van der Waals surface area contributed by atoms with Gasteiger partial charge in [-0.1, -0.05) is 0 Å². The summed E-state index contributed by atoms with van der Waals surface area (Å²) in [6.45, 7) is 0. The van der Waals surface area contributed by atoms with Crippen molar-refractivity contribution in [2.45, 2.75) is 0 Å². The Morgan fingerprint density at radius 1 is 0.283 bits per heavy atom. The Kier molecular flexibility index (Phi) is 21.9. The van der Waals surface area contributed by atoms with Crippen LogP contribution in [-0.2, 0) is 33.1 Å². The number of aromatic amines is 8. The molecule has 0 bridgehead atoms. The number of fused-ring (bicyclic) bond motifs is 8. The fourth-order valence-corrected chi connectivity index (χ4v) is 8.17. The molecule has 0 amide bonds. The van der Waals surface area contributed by atoms with E-state index in [-0.39, 0.29) is 86.6 Å². The first kappa shape index (κ1) is 69.3. The molecule has 0 saturated carbocycles. The molecular weight excluding hydrogens is 1360 g/mol. The fourth-order valence-electron chi connectivity index (χ4n) is 7.19. The number of carboxylic acid groups (broad SMARTS) is 5.